The average molecular weight is 173 g/mol. The molecule has 0 bridgehead atoms. The predicted octanol–water partition coefficient (Wildman–Crippen LogP) is 1.09. The number of allylic oxidation sites excluding steroid dienone is 3. The predicted molar refractivity (Wildman–Crippen MR) is 39.3 cm³/mol. The van der Waals surface area contributed by atoms with Crippen LogP contribution in [-0.2, 0) is 9.59 Å². The Morgan fingerprint density at radius 2 is 2.18 bits per heavy atom. The number of ketones is 1. The molecule has 0 unspecified atom stereocenters. The van der Waals surface area contributed by atoms with Crippen LogP contribution in [0.1, 0.15) is 6.42 Å². The number of carbonyl (C=O) groups is 2. The first-order chi connectivity index (χ1) is 5.11. The van der Waals surface area contributed by atoms with E-state index in [0.29, 0.717) is 5.03 Å². The summed E-state index contributed by atoms with van der Waals surface area (Å²) >= 11 is 5.48. The summed E-state index contributed by atoms with van der Waals surface area (Å²) in [5.74, 6) is -1.64. The van der Waals surface area contributed by atoms with E-state index in [1.54, 1.807) is 0 Å². The van der Waals surface area contributed by atoms with Crippen molar-refractivity contribution in [2.45, 2.75) is 6.42 Å². The van der Waals surface area contributed by atoms with Crippen LogP contribution in [0, 0.1) is 0 Å². The highest BCUT2D eigenvalue weighted by atomic mass is 35.5. The SMILES string of the molecule is O=C(O)C1=CC=C(Cl)CC1=O. The van der Waals surface area contributed by atoms with Crippen LogP contribution in [0.2, 0.25) is 0 Å². The molecule has 0 aromatic heterocycles. The van der Waals surface area contributed by atoms with E-state index in [1.807, 2.05) is 0 Å². The van der Waals surface area contributed by atoms with E-state index in [1.165, 1.54) is 12.2 Å². The van der Waals surface area contributed by atoms with Crippen molar-refractivity contribution in [2.24, 2.45) is 0 Å². The number of carboxylic acid groups (broad SMARTS) is 1. The van der Waals surface area contributed by atoms with Crippen molar-refractivity contribution in [2.75, 3.05) is 0 Å². The smallest absolute Gasteiger partial charge is 0.339 e. The average Bonchev–Trinajstić information content (AvgIpc) is 1.85. The highest BCUT2D eigenvalue weighted by Gasteiger charge is 2.19. The van der Waals surface area contributed by atoms with Crippen LogP contribution in [0.15, 0.2) is 22.8 Å². The maximum Gasteiger partial charge on any atom is 0.339 e. The fourth-order valence-corrected chi connectivity index (χ4v) is 0.949. The highest BCUT2D eigenvalue weighted by Crippen LogP contribution is 2.17. The van der Waals surface area contributed by atoms with Gasteiger partial charge >= 0.3 is 5.97 Å². The van der Waals surface area contributed by atoms with Gasteiger partial charge in [-0.15, -0.1) is 0 Å². The molecule has 0 saturated carbocycles. The van der Waals surface area contributed by atoms with Gasteiger partial charge in [-0.1, -0.05) is 11.6 Å². The molecular formula is C7H5ClO3. The van der Waals surface area contributed by atoms with Crippen molar-refractivity contribution >= 4 is 23.4 Å². The van der Waals surface area contributed by atoms with Gasteiger partial charge in [-0.05, 0) is 12.2 Å². The number of aliphatic carboxylic acids is 1. The van der Waals surface area contributed by atoms with E-state index in [4.69, 9.17) is 16.7 Å². The Morgan fingerprint density at radius 3 is 2.64 bits per heavy atom. The van der Waals surface area contributed by atoms with Crippen LogP contribution in [0.25, 0.3) is 0 Å². The van der Waals surface area contributed by atoms with Crippen molar-refractivity contribution < 1.29 is 14.7 Å². The molecule has 58 valence electrons. The molecule has 0 saturated heterocycles. The molecule has 0 fully saturated rings. The van der Waals surface area contributed by atoms with E-state index in [-0.39, 0.29) is 12.0 Å². The Balaban J connectivity index is 2.96. The van der Waals surface area contributed by atoms with Crippen LogP contribution in [0.3, 0.4) is 0 Å². The summed E-state index contributed by atoms with van der Waals surface area (Å²) in [4.78, 5) is 21.2. The van der Waals surface area contributed by atoms with Crippen LogP contribution in [-0.4, -0.2) is 16.9 Å². The molecular weight excluding hydrogens is 168 g/mol. The minimum Gasteiger partial charge on any atom is -0.478 e. The molecule has 0 heterocycles. The minimum absolute atomic E-state index is 0.000309. The maximum atomic E-state index is 10.9. The van der Waals surface area contributed by atoms with Gasteiger partial charge < -0.3 is 5.11 Å². The van der Waals surface area contributed by atoms with Gasteiger partial charge in [0.05, 0.1) is 0 Å². The standard InChI is InChI=1S/C7H5ClO3/c8-4-1-2-5(7(10)11)6(9)3-4/h1-2H,3H2,(H,10,11). The summed E-state index contributed by atoms with van der Waals surface area (Å²) in [7, 11) is 0. The lowest BCUT2D eigenvalue weighted by atomic mass is 10.0. The molecule has 1 aliphatic carbocycles. The van der Waals surface area contributed by atoms with Gasteiger partial charge in [0.25, 0.3) is 0 Å². The Morgan fingerprint density at radius 1 is 1.55 bits per heavy atom. The third kappa shape index (κ3) is 1.68. The Bertz CT molecular complexity index is 275. The van der Waals surface area contributed by atoms with Crippen molar-refractivity contribution in [1.82, 2.24) is 0 Å². The first-order valence-corrected chi connectivity index (χ1v) is 3.32. The lowest BCUT2D eigenvalue weighted by Crippen LogP contribution is -2.14. The van der Waals surface area contributed by atoms with E-state index >= 15 is 0 Å². The van der Waals surface area contributed by atoms with Crippen LogP contribution >= 0.6 is 11.6 Å². The largest absolute Gasteiger partial charge is 0.478 e. The second kappa shape index (κ2) is 2.88. The number of halogens is 1. The highest BCUT2D eigenvalue weighted by molar-refractivity contribution is 6.33. The van der Waals surface area contributed by atoms with Crippen LogP contribution < -0.4 is 0 Å². The summed E-state index contributed by atoms with van der Waals surface area (Å²) in [5, 5.41) is 8.81. The first kappa shape index (κ1) is 8.01. The maximum absolute atomic E-state index is 10.9. The summed E-state index contributed by atoms with van der Waals surface area (Å²) in [6.45, 7) is 0. The van der Waals surface area contributed by atoms with E-state index in [0.717, 1.165) is 0 Å². The zero-order chi connectivity index (χ0) is 8.43. The lowest BCUT2D eigenvalue weighted by molar-refractivity contribution is -0.134. The topological polar surface area (TPSA) is 54.4 Å². The van der Waals surface area contributed by atoms with Crippen LogP contribution in [0.5, 0.6) is 0 Å². The molecule has 0 radical (unpaired) electrons. The second-order valence-electron chi connectivity index (χ2n) is 2.10. The number of rotatable bonds is 1. The number of carbonyl (C=O) groups excluding carboxylic acids is 1. The van der Waals surface area contributed by atoms with E-state index < -0.39 is 11.8 Å². The summed E-state index contributed by atoms with van der Waals surface area (Å²) < 4.78 is 0. The third-order valence-electron chi connectivity index (χ3n) is 1.29. The number of hydrogen-bond donors (Lipinski definition) is 1. The summed E-state index contributed by atoms with van der Waals surface area (Å²) in [6, 6.07) is 0. The van der Waals surface area contributed by atoms with Gasteiger partial charge in [0.2, 0.25) is 0 Å². The van der Waals surface area contributed by atoms with Crippen molar-refractivity contribution in [3.63, 3.8) is 0 Å². The third-order valence-corrected chi connectivity index (χ3v) is 1.55. The lowest BCUT2D eigenvalue weighted by Gasteiger charge is -2.04. The molecule has 4 heteroatoms. The second-order valence-corrected chi connectivity index (χ2v) is 2.58. The number of hydrogen-bond acceptors (Lipinski definition) is 2. The molecule has 11 heavy (non-hydrogen) atoms. The van der Waals surface area contributed by atoms with Crippen molar-refractivity contribution in [3.8, 4) is 0 Å². The van der Waals surface area contributed by atoms with E-state index in [2.05, 4.69) is 0 Å². The zero-order valence-electron chi connectivity index (χ0n) is 5.50. The fourth-order valence-electron chi connectivity index (χ4n) is 0.765. The van der Waals surface area contributed by atoms with Crippen molar-refractivity contribution in [1.29, 1.82) is 0 Å². The van der Waals surface area contributed by atoms with Gasteiger partial charge in [0.15, 0.2) is 5.78 Å². The zero-order valence-corrected chi connectivity index (χ0v) is 6.26. The molecule has 3 nitrogen and oxygen atoms in total. The first-order valence-electron chi connectivity index (χ1n) is 2.94. The Labute approximate surface area is 68.0 Å². The summed E-state index contributed by atoms with van der Waals surface area (Å²) in [5.41, 5.74) is -0.200. The molecule has 0 atom stereocenters. The Hall–Kier alpha value is -1.09. The molecule has 1 aliphatic rings. The minimum atomic E-state index is -1.20. The molecule has 0 aromatic rings. The van der Waals surface area contributed by atoms with E-state index in [9.17, 15) is 9.59 Å². The molecule has 1 rings (SSSR count). The van der Waals surface area contributed by atoms with Crippen LogP contribution in [0.4, 0.5) is 0 Å². The Kier molecular flexibility index (Phi) is 2.10. The quantitative estimate of drug-likeness (QED) is 0.603. The molecule has 0 aliphatic heterocycles. The molecule has 0 spiro atoms. The number of carboxylic acids is 1. The van der Waals surface area contributed by atoms with Gasteiger partial charge in [-0.2, -0.15) is 0 Å². The fraction of sp³-hybridized carbons (Fsp3) is 0.143. The molecule has 0 amide bonds. The van der Waals surface area contributed by atoms with Gasteiger partial charge in [0, 0.05) is 11.5 Å². The van der Waals surface area contributed by atoms with Gasteiger partial charge in [0.1, 0.15) is 5.57 Å². The van der Waals surface area contributed by atoms with Crippen molar-refractivity contribution in [3.05, 3.63) is 22.8 Å². The normalized spacial score (nSPS) is 17.4. The molecule has 0 aromatic carbocycles. The monoisotopic (exact) mass is 172 g/mol. The summed E-state index contributed by atoms with van der Waals surface area (Å²) in [6.07, 6.45) is 2.64. The number of Topliss-reactive ketones (excluding diaryl/α,β-unsaturated/α-hetero) is 1. The molecule has 1 N–H and O–H groups in total. The van der Waals surface area contributed by atoms with Gasteiger partial charge in [-0.3, -0.25) is 4.79 Å². The van der Waals surface area contributed by atoms with Gasteiger partial charge in [-0.25, -0.2) is 4.79 Å².